The highest BCUT2D eigenvalue weighted by molar-refractivity contribution is 6.42. The number of nitrogens with one attached hydrogen (secondary N) is 1. The Morgan fingerprint density at radius 2 is 1.36 bits per heavy atom. The van der Waals surface area contributed by atoms with E-state index in [1.807, 2.05) is 0 Å². The van der Waals surface area contributed by atoms with E-state index in [1.165, 1.54) is 40.1 Å². The van der Waals surface area contributed by atoms with Gasteiger partial charge in [0.2, 0.25) is 5.75 Å². The third kappa shape index (κ3) is 8.24. The van der Waals surface area contributed by atoms with Crippen LogP contribution in [-0.4, -0.2) is 57.8 Å². The quantitative estimate of drug-likeness (QED) is 0.130. The SMILES string of the molecule is COC(=O)c1c(-c2cc(OC)c(OC)c(OC)c2)c2cc(OC)c(OCc3ccc(Cl)c(Cl)c3)cc2c(=O)n1-c1ccc(NC(=O)OC(C)(C)C)cc1. The van der Waals surface area contributed by atoms with E-state index in [2.05, 4.69) is 5.32 Å². The van der Waals surface area contributed by atoms with Crippen molar-refractivity contribution in [3.05, 3.63) is 98.4 Å². The van der Waals surface area contributed by atoms with E-state index >= 15 is 0 Å². The van der Waals surface area contributed by atoms with E-state index in [-0.39, 0.29) is 40.4 Å². The first kappa shape index (κ1) is 38.6. The van der Waals surface area contributed by atoms with Gasteiger partial charge < -0.3 is 33.2 Å². The van der Waals surface area contributed by atoms with Crippen molar-refractivity contribution in [3.63, 3.8) is 0 Å². The highest BCUT2D eigenvalue weighted by Gasteiger charge is 2.28. The fraction of sp³-hybridized carbons (Fsp3) is 0.256. The summed E-state index contributed by atoms with van der Waals surface area (Å²) in [6, 6.07) is 17.9. The van der Waals surface area contributed by atoms with Crippen LogP contribution in [0.1, 0.15) is 36.8 Å². The molecule has 5 rings (SSSR count). The number of rotatable bonds is 11. The summed E-state index contributed by atoms with van der Waals surface area (Å²) in [6.07, 6.45) is -0.657. The van der Waals surface area contributed by atoms with Gasteiger partial charge in [-0.25, -0.2) is 9.59 Å². The lowest BCUT2D eigenvalue weighted by Gasteiger charge is -2.22. The van der Waals surface area contributed by atoms with Crippen LogP contribution in [-0.2, 0) is 16.1 Å². The third-order valence-electron chi connectivity index (χ3n) is 7.95. The molecule has 1 aromatic heterocycles. The second-order valence-corrected chi connectivity index (χ2v) is 13.3. The molecule has 14 heteroatoms. The van der Waals surface area contributed by atoms with E-state index in [0.29, 0.717) is 43.9 Å². The summed E-state index contributed by atoms with van der Waals surface area (Å²) in [5.41, 5.74) is 0.709. The van der Waals surface area contributed by atoms with Gasteiger partial charge in [-0.3, -0.25) is 14.7 Å². The maximum Gasteiger partial charge on any atom is 0.412 e. The Bertz CT molecular complexity index is 2220. The summed E-state index contributed by atoms with van der Waals surface area (Å²) in [4.78, 5) is 41.0. The first-order valence-electron chi connectivity index (χ1n) is 16.1. The lowest BCUT2D eigenvalue weighted by atomic mass is 9.95. The molecule has 0 atom stereocenters. The van der Waals surface area contributed by atoms with Crippen LogP contribution in [0, 0.1) is 0 Å². The van der Waals surface area contributed by atoms with Gasteiger partial charge in [0.15, 0.2) is 23.0 Å². The highest BCUT2D eigenvalue weighted by atomic mass is 35.5. The summed E-state index contributed by atoms with van der Waals surface area (Å²) in [5, 5.41) is 3.93. The van der Waals surface area contributed by atoms with E-state index in [4.69, 9.17) is 56.4 Å². The van der Waals surface area contributed by atoms with Crippen molar-refractivity contribution in [3.8, 4) is 45.6 Å². The number of hydrogen-bond donors (Lipinski definition) is 1. The van der Waals surface area contributed by atoms with Crippen molar-refractivity contribution in [1.82, 2.24) is 4.57 Å². The van der Waals surface area contributed by atoms with Crippen LogP contribution in [0.3, 0.4) is 0 Å². The monoisotopic (exact) mass is 764 g/mol. The number of ether oxygens (including phenoxy) is 7. The zero-order chi connectivity index (χ0) is 38.6. The van der Waals surface area contributed by atoms with Crippen molar-refractivity contribution in [2.24, 2.45) is 0 Å². The molecule has 12 nitrogen and oxygen atoms in total. The second-order valence-electron chi connectivity index (χ2n) is 12.5. The van der Waals surface area contributed by atoms with Crippen molar-refractivity contribution in [1.29, 1.82) is 0 Å². The molecule has 4 aromatic carbocycles. The highest BCUT2D eigenvalue weighted by Crippen LogP contribution is 2.45. The molecule has 278 valence electrons. The average Bonchev–Trinajstić information content (AvgIpc) is 3.13. The van der Waals surface area contributed by atoms with Gasteiger partial charge in [0, 0.05) is 22.3 Å². The normalized spacial score (nSPS) is 11.1. The number of fused-ring (bicyclic) bond motifs is 1. The molecule has 0 fully saturated rings. The van der Waals surface area contributed by atoms with Gasteiger partial charge in [-0.2, -0.15) is 0 Å². The number of nitrogens with zero attached hydrogens (tertiary/aromatic N) is 1. The lowest BCUT2D eigenvalue weighted by Crippen LogP contribution is -2.27. The van der Waals surface area contributed by atoms with Gasteiger partial charge in [0.05, 0.1) is 51.0 Å². The Balaban J connectivity index is 1.81. The molecule has 0 aliphatic rings. The summed E-state index contributed by atoms with van der Waals surface area (Å²) in [5.74, 6) is 0.622. The Labute approximate surface area is 316 Å². The molecule has 0 spiro atoms. The first-order chi connectivity index (χ1) is 25.2. The number of halogens is 2. The molecule has 1 N–H and O–H groups in total. The predicted octanol–water partition coefficient (Wildman–Crippen LogP) is 8.71. The molecule has 0 aliphatic heterocycles. The Morgan fingerprint density at radius 1 is 0.736 bits per heavy atom. The average molecular weight is 766 g/mol. The van der Waals surface area contributed by atoms with Gasteiger partial charge in [-0.05, 0) is 92.6 Å². The van der Waals surface area contributed by atoms with Gasteiger partial charge >= 0.3 is 12.1 Å². The minimum Gasteiger partial charge on any atom is -0.493 e. The van der Waals surface area contributed by atoms with Crippen LogP contribution in [0.4, 0.5) is 10.5 Å². The minimum absolute atomic E-state index is 0.0685. The number of aromatic nitrogens is 1. The molecular formula is C39H38Cl2N2O10. The molecule has 0 unspecified atom stereocenters. The molecule has 5 aromatic rings. The minimum atomic E-state index is -0.817. The maximum absolute atomic E-state index is 14.7. The Kier molecular flexibility index (Phi) is 11.6. The number of carbonyl (C=O) groups excluding carboxylic acids is 2. The smallest absolute Gasteiger partial charge is 0.412 e. The van der Waals surface area contributed by atoms with E-state index in [1.54, 1.807) is 87.5 Å². The van der Waals surface area contributed by atoms with Gasteiger partial charge in [0.1, 0.15) is 17.9 Å². The lowest BCUT2D eigenvalue weighted by molar-refractivity contribution is 0.0589. The standard InChI is InChI=1S/C39H38Cl2N2O10/c1-39(2,3)53-38(46)42-23-10-12-24(13-11-23)43-34(37(45)51-8)33(22-16-31(48-5)35(50-7)32(17-22)49-6)25-18-29(47-4)30(19-26(25)36(43)44)52-20-21-9-14-27(40)28(41)15-21/h9-19H,20H2,1-8H3,(H,42,46). The van der Waals surface area contributed by atoms with E-state index in [0.717, 1.165) is 5.56 Å². The largest absolute Gasteiger partial charge is 0.493 e. The summed E-state index contributed by atoms with van der Waals surface area (Å²) >= 11 is 12.3. The third-order valence-corrected chi connectivity index (χ3v) is 8.69. The molecule has 1 amide bonds. The number of benzene rings is 4. The van der Waals surface area contributed by atoms with Crippen LogP contribution in [0.5, 0.6) is 28.7 Å². The summed E-state index contributed by atoms with van der Waals surface area (Å²) in [6.45, 7) is 5.32. The van der Waals surface area contributed by atoms with Crippen molar-refractivity contribution in [2.45, 2.75) is 33.0 Å². The fourth-order valence-corrected chi connectivity index (χ4v) is 5.96. The molecule has 0 saturated heterocycles. The molecular weight excluding hydrogens is 727 g/mol. The molecule has 0 saturated carbocycles. The van der Waals surface area contributed by atoms with Crippen LogP contribution in [0.2, 0.25) is 10.0 Å². The molecule has 0 aliphatic carbocycles. The Morgan fingerprint density at radius 3 is 1.91 bits per heavy atom. The van der Waals surface area contributed by atoms with Crippen LogP contribution >= 0.6 is 23.2 Å². The first-order valence-corrected chi connectivity index (χ1v) is 16.9. The molecule has 53 heavy (non-hydrogen) atoms. The fourth-order valence-electron chi connectivity index (χ4n) is 5.64. The van der Waals surface area contributed by atoms with Gasteiger partial charge in [-0.15, -0.1) is 0 Å². The van der Waals surface area contributed by atoms with E-state index in [9.17, 15) is 14.4 Å². The van der Waals surface area contributed by atoms with Crippen LogP contribution in [0.25, 0.3) is 27.6 Å². The summed E-state index contributed by atoms with van der Waals surface area (Å²) < 4.78 is 40.7. The number of amides is 1. The molecule has 1 heterocycles. The van der Waals surface area contributed by atoms with E-state index < -0.39 is 23.2 Å². The number of pyridine rings is 1. The topological polar surface area (TPSA) is 133 Å². The number of methoxy groups -OCH3 is 5. The van der Waals surface area contributed by atoms with Crippen molar-refractivity contribution < 1.29 is 42.7 Å². The molecule has 0 bridgehead atoms. The van der Waals surface area contributed by atoms with Crippen molar-refractivity contribution >= 4 is 51.7 Å². The predicted molar refractivity (Wildman–Crippen MR) is 203 cm³/mol. The zero-order valence-corrected chi connectivity index (χ0v) is 31.9. The van der Waals surface area contributed by atoms with Crippen LogP contribution < -0.4 is 34.6 Å². The number of anilines is 1. The summed E-state index contributed by atoms with van der Waals surface area (Å²) in [7, 11) is 7.08. The number of esters is 1. The van der Waals surface area contributed by atoms with Gasteiger partial charge in [-0.1, -0.05) is 29.3 Å². The van der Waals surface area contributed by atoms with Gasteiger partial charge in [0.25, 0.3) is 5.56 Å². The maximum atomic E-state index is 14.7. The Hall–Kier alpha value is -5.59. The zero-order valence-electron chi connectivity index (χ0n) is 30.3. The van der Waals surface area contributed by atoms with Crippen LogP contribution in [0.15, 0.2) is 71.5 Å². The second kappa shape index (κ2) is 16.0. The number of carbonyl (C=O) groups is 2. The van der Waals surface area contributed by atoms with Crippen molar-refractivity contribution in [2.75, 3.05) is 40.9 Å². The number of hydrogen-bond acceptors (Lipinski definition) is 10. The molecule has 0 radical (unpaired) electrons.